The molecule has 2 aromatic carbocycles. The van der Waals surface area contributed by atoms with Gasteiger partial charge in [-0.1, -0.05) is 11.6 Å². The highest BCUT2D eigenvalue weighted by Crippen LogP contribution is 2.33. The van der Waals surface area contributed by atoms with Crippen molar-refractivity contribution in [3.8, 4) is 0 Å². The predicted octanol–water partition coefficient (Wildman–Crippen LogP) is 5.22. The van der Waals surface area contributed by atoms with Crippen LogP contribution in [0.1, 0.15) is 15.9 Å². The molecule has 0 bridgehead atoms. The van der Waals surface area contributed by atoms with Crippen LogP contribution in [0.2, 0.25) is 5.02 Å². The Morgan fingerprint density at radius 1 is 1.10 bits per heavy atom. The van der Waals surface area contributed by atoms with Crippen LogP contribution in [0.15, 0.2) is 42.5 Å². The lowest BCUT2D eigenvalue weighted by atomic mass is 10.1. The first-order valence-corrected chi connectivity index (χ1v) is 7.17. The molecule has 0 saturated carbocycles. The molecule has 0 spiro atoms. The summed E-state index contributed by atoms with van der Waals surface area (Å²) in [4.78, 5) is 12.0. The topological polar surface area (TPSA) is 29.1 Å². The molecular formula is C14H8ClF3INO. The summed E-state index contributed by atoms with van der Waals surface area (Å²) in [6.45, 7) is 0. The molecule has 110 valence electrons. The van der Waals surface area contributed by atoms with Crippen LogP contribution in [-0.4, -0.2) is 5.91 Å². The summed E-state index contributed by atoms with van der Waals surface area (Å²) >= 11 is 7.90. The normalized spacial score (nSPS) is 11.3. The van der Waals surface area contributed by atoms with Crippen molar-refractivity contribution in [2.75, 3.05) is 5.32 Å². The van der Waals surface area contributed by atoms with Crippen molar-refractivity contribution in [1.29, 1.82) is 0 Å². The summed E-state index contributed by atoms with van der Waals surface area (Å²) in [5.74, 6) is -0.521. The third-order valence-corrected chi connectivity index (χ3v) is 3.70. The summed E-state index contributed by atoms with van der Waals surface area (Å²) in [7, 11) is 0. The summed E-state index contributed by atoms with van der Waals surface area (Å²) in [6.07, 6.45) is -4.49. The third kappa shape index (κ3) is 4.10. The molecule has 7 heteroatoms. The number of hydrogen-bond acceptors (Lipinski definition) is 1. The Hall–Kier alpha value is -1.28. The maximum absolute atomic E-state index is 12.6. The van der Waals surface area contributed by atoms with Crippen LogP contribution in [0, 0.1) is 3.57 Å². The van der Waals surface area contributed by atoms with Crippen molar-refractivity contribution < 1.29 is 18.0 Å². The highest BCUT2D eigenvalue weighted by molar-refractivity contribution is 14.1. The molecular weight excluding hydrogens is 418 g/mol. The van der Waals surface area contributed by atoms with Gasteiger partial charge < -0.3 is 5.32 Å². The largest absolute Gasteiger partial charge is 0.416 e. The fraction of sp³-hybridized carbons (Fsp3) is 0.0714. The van der Waals surface area contributed by atoms with Crippen LogP contribution >= 0.6 is 34.2 Å². The fourth-order valence-corrected chi connectivity index (χ4v) is 2.12. The maximum atomic E-state index is 12.6. The van der Waals surface area contributed by atoms with E-state index >= 15 is 0 Å². The molecule has 0 radical (unpaired) electrons. The Labute approximate surface area is 137 Å². The van der Waals surface area contributed by atoms with Gasteiger partial charge in [0.05, 0.1) is 16.3 Å². The van der Waals surface area contributed by atoms with Crippen LogP contribution in [-0.2, 0) is 6.18 Å². The average molecular weight is 426 g/mol. The molecule has 2 aromatic rings. The first kappa shape index (κ1) is 16.1. The minimum atomic E-state index is -4.49. The Balaban J connectivity index is 2.26. The molecule has 21 heavy (non-hydrogen) atoms. The first-order valence-electron chi connectivity index (χ1n) is 5.71. The van der Waals surface area contributed by atoms with Crippen LogP contribution in [0.25, 0.3) is 0 Å². The zero-order chi connectivity index (χ0) is 15.6. The number of anilines is 1. The van der Waals surface area contributed by atoms with Crippen LogP contribution in [0.3, 0.4) is 0 Å². The Morgan fingerprint density at radius 2 is 1.71 bits per heavy atom. The minimum absolute atomic E-state index is 0.0434. The molecule has 1 amide bonds. The Kier molecular flexibility index (Phi) is 4.77. The summed E-state index contributed by atoms with van der Waals surface area (Å²) in [6, 6.07) is 9.40. The van der Waals surface area contributed by atoms with Gasteiger partial charge >= 0.3 is 6.18 Å². The van der Waals surface area contributed by atoms with Crippen molar-refractivity contribution in [2.45, 2.75) is 6.18 Å². The molecule has 2 rings (SSSR count). The molecule has 0 unspecified atom stereocenters. The second kappa shape index (κ2) is 6.23. The van der Waals surface area contributed by atoms with Gasteiger partial charge in [0.25, 0.3) is 5.91 Å². The van der Waals surface area contributed by atoms with E-state index in [0.29, 0.717) is 5.56 Å². The van der Waals surface area contributed by atoms with Gasteiger partial charge in [-0.3, -0.25) is 4.79 Å². The van der Waals surface area contributed by atoms with E-state index in [9.17, 15) is 18.0 Å². The number of hydrogen-bond donors (Lipinski definition) is 1. The fourth-order valence-electron chi connectivity index (χ4n) is 1.59. The summed E-state index contributed by atoms with van der Waals surface area (Å²) in [5, 5.41) is 2.43. The van der Waals surface area contributed by atoms with Gasteiger partial charge in [-0.15, -0.1) is 0 Å². The van der Waals surface area contributed by atoms with Gasteiger partial charge in [0.1, 0.15) is 0 Å². The van der Waals surface area contributed by atoms with E-state index < -0.39 is 17.6 Å². The predicted molar refractivity (Wildman–Crippen MR) is 83.6 cm³/mol. The molecule has 0 atom stereocenters. The molecule has 0 aliphatic carbocycles. The van der Waals surface area contributed by atoms with E-state index in [1.54, 1.807) is 24.3 Å². The second-order valence-corrected chi connectivity index (χ2v) is 5.81. The van der Waals surface area contributed by atoms with Crippen molar-refractivity contribution in [1.82, 2.24) is 0 Å². The molecule has 0 fully saturated rings. The highest BCUT2D eigenvalue weighted by atomic mass is 127. The molecule has 0 aliphatic heterocycles. The number of benzene rings is 2. The van der Waals surface area contributed by atoms with E-state index in [2.05, 4.69) is 27.9 Å². The van der Waals surface area contributed by atoms with Crippen molar-refractivity contribution >= 4 is 45.8 Å². The number of halogens is 5. The highest BCUT2D eigenvalue weighted by Gasteiger charge is 2.31. The Morgan fingerprint density at radius 3 is 2.29 bits per heavy atom. The lowest BCUT2D eigenvalue weighted by Gasteiger charge is -2.11. The third-order valence-electron chi connectivity index (χ3n) is 2.65. The summed E-state index contributed by atoms with van der Waals surface area (Å²) < 4.78 is 38.9. The molecule has 1 N–H and O–H groups in total. The van der Waals surface area contributed by atoms with Crippen LogP contribution in [0.4, 0.5) is 18.9 Å². The van der Waals surface area contributed by atoms with E-state index in [0.717, 1.165) is 21.8 Å². The molecule has 2 nitrogen and oxygen atoms in total. The molecule has 0 aromatic heterocycles. The zero-order valence-corrected chi connectivity index (χ0v) is 13.3. The number of carbonyl (C=O) groups excluding carboxylic acids is 1. The number of nitrogens with one attached hydrogen (secondary N) is 1. The smallest absolute Gasteiger partial charge is 0.321 e. The number of alkyl halides is 3. The molecule has 0 saturated heterocycles. The van der Waals surface area contributed by atoms with E-state index in [-0.39, 0.29) is 10.7 Å². The second-order valence-electron chi connectivity index (χ2n) is 4.15. The van der Waals surface area contributed by atoms with Crippen molar-refractivity contribution in [3.05, 3.63) is 62.2 Å². The van der Waals surface area contributed by atoms with Gasteiger partial charge in [-0.25, -0.2) is 0 Å². The monoisotopic (exact) mass is 425 g/mol. The zero-order valence-electron chi connectivity index (χ0n) is 10.3. The molecule has 0 aliphatic rings. The molecule has 0 heterocycles. The summed E-state index contributed by atoms with van der Waals surface area (Å²) in [5.41, 5.74) is -0.608. The van der Waals surface area contributed by atoms with Crippen molar-refractivity contribution in [3.63, 3.8) is 0 Å². The number of amides is 1. The number of carbonyl (C=O) groups is 1. The number of rotatable bonds is 2. The van der Waals surface area contributed by atoms with Gasteiger partial charge in [-0.05, 0) is 65.1 Å². The van der Waals surface area contributed by atoms with Gasteiger partial charge in [0.15, 0.2) is 0 Å². The van der Waals surface area contributed by atoms with Gasteiger partial charge in [0.2, 0.25) is 0 Å². The van der Waals surface area contributed by atoms with E-state index in [4.69, 9.17) is 11.6 Å². The lowest BCUT2D eigenvalue weighted by molar-refractivity contribution is -0.137. The van der Waals surface area contributed by atoms with Crippen LogP contribution < -0.4 is 5.32 Å². The van der Waals surface area contributed by atoms with E-state index in [1.165, 1.54) is 0 Å². The van der Waals surface area contributed by atoms with Gasteiger partial charge in [0, 0.05) is 9.13 Å². The first-order chi connectivity index (χ1) is 9.77. The van der Waals surface area contributed by atoms with Crippen molar-refractivity contribution in [2.24, 2.45) is 0 Å². The minimum Gasteiger partial charge on any atom is -0.321 e. The lowest BCUT2D eigenvalue weighted by Crippen LogP contribution is -2.13. The quantitative estimate of drug-likeness (QED) is 0.657. The Bertz CT molecular complexity index is 671. The standard InChI is InChI=1S/C14H8ClF3INO/c15-11-6-3-9(14(16,17)18)7-12(11)20-13(21)8-1-4-10(19)5-2-8/h1-7H,(H,20,21). The van der Waals surface area contributed by atoms with E-state index in [1.807, 2.05) is 0 Å². The van der Waals surface area contributed by atoms with Gasteiger partial charge in [-0.2, -0.15) is 13.2 Å². The SMILES string of the molecule is O=C(Nc1cc(C(F)(F)F)ccc1Cl)c1ccc(I)cc1. The maximum Gasteiger partial charge on any atom is 0.416 e. The van der Waals surface area contributed by atoms with Crippen LogP contribution in [0.5, 0.6) is 0 Å². The average Bonchev–Trinajstić information content (AvgIpc) is 2.40.